The molecule has 0 fully saturated rings. The molecule has 0 unspecified atom stereocenters. The molecule has 1 aromatic carbocycles. The Hall–Kier alpha value is -3.10. The highest BCUT2D eigenvalue weighted by Crippen LogP contribution is 2.66. The van der Waals surface area contributed by atoms with E-state index in [-0.39, 0.29) is 44.8 Å². The van der Waals surface area contributed by atoms with Crippen molar-refractivity contribution in [2.24, 2.45) is 21.7 Å². The molecule has 12 heteroatoms. The van der Waals surface area contributed by atoms with Crippen LogP contribution in [0.2, 0.25) is 0 Å². The Kier molecular flexibility index (Phi) is 13.3. The van der Waals surface area contributed by atoms with Gasteiger partial charge in [-0.05, 0) is 63.2 Å². The molecule has 0 amide bonds. The van der Waals surface area contributed by atoms with Crippen LogP contribution in [0.25, 0.3) is 10.6 Å². The van der Waals surface area contributed by atoms with Crippen LogP contribution >= 0.6 is 15.2 Å². The van der Waals surface area contributed by atoms with E-state index >= 15 is 0 Å². The first kappa shape index (κ1) is 45.3. The molecular weight excluding hydrogens is 726 g/mol. The zero-order valence-corrected chi connectivity index (χ0v) is 37.2. The highest BCUT2D eigenvalue weighted by atomic mass is 31.2. The van der Waals surface area contributed by atoms with Crippen LogP contribution in [0.4, 0.5) is 0 Å². The van der Waals surface area contributed by atoms with E-state index in [1.165, 1.54) is 42.7 Å². The Bertz CT molecular complexity index is 1760. The zero-order valence-electron chi connectivity index (χ0n) is 35.4. The van der Waals surface area contributed by atoms with Crippen molar-refractivity contribution in [2.45, 2.75) is 83.1 Å². The van der Waals surface area contributed by atoms with E-state index in [0.717, 1.165) is 0 Å². The molecule has 0 aliphatic heterocycles. The normalized spacial score (nSPS) is 16.5. The summed E-state index contributed by atoms with van der Waals surface area (Å²) in [5.74, 6) is 0.219. The van der Waals surface area contributed by atoms with Gasteiger partial charge in [-0.25, -0.2) is 0 Å². The maximum atomic E-state index is 14.9. The lowest BCUT2D eigenvalue weighted by Crippen LogP contribution is -2.28. The van der Waals surface area contributed by atoms with Gasteiger partial charge >= 0.3 is 15.2 Å². The number of rotatable bonds is 10. The molecule has 3 rings (SSSR count). The standard InChI is InChI=1S/C42H60O10P2/c1-39(2,3)29-19-25(20-30(35(29)43)40(4,5)6)37(53(45,49-15)50-16)27-23-28(34(48-14)24-33(27)47-13)38(54(46,51-17)52-18)26-21-31(41(7,8)9)36(44)32(22-26)42(10,11)12/h19-24H,1-18H3. The third kappa shape index (κ3) is 8.80. The molecule has 298 valence electrons. The maximum absolute atomic E-state index is 14.9. The van der Waals surface area contributed by atoms with E-state index < -0.39 is 36.9 Å². The number of hydrogen-bond donors (Lipinski definition) is 0. The number of allylic oxidation sites excluding steroid dienone is 10. The third-order valence-electron chi connectivity index (χ3n) is 9.50. The Labute approximate surface area is 322 Å². The maximum Gasteiger partial charge on any atom is 0.362 e. The van der Waals surface area contributed by atoms with Crippen molar-refractivity contribution in [1.82, 2.24) is 0 Å². The molecule has 0 aromatic heterocycles. The first-order valence-corrected chi connectivity index (χ1v) is 20.9. The molecule has 10 nitrogen and oxygen atoms in total. The predicted molar refractivity (Wildman–Crippen MR) is 217 cm³/mol. The quantitative estimate of drug-likeness (QED) is 0.212. The summed E-state index contributed by atoms with van der Waals surface area (Å²) in [4.78, 5) is 28.0. The largest absolute Gasteiger partial charge is 0.496 e. The molecule has 0 N–H and O–H groups in total. The molecule has 0 radical (unpaired) electrons. The van der Waals surface area contributed by atoms with Crippen molar-refractivity contribution in [2.75, 3.05) is 42.7 Å². The van der Waals surface area contributed by atoms with Crippen LogP contribution in [0, 0.1) is 21.7 Å². The van der Waals surface area contributed by atoms with Gasteiger partial charge in [0.25, 0.3) is 0 Å². The number of ether oxygens (including phenoxy) is 2. The molecule has 54 heavy (non-hydrogen) atoms. The van der Waals surface area contributed by atoms with Crippen molar-refractivity contribution in [3.8, 4) is 11.5 Å². The van der Waals surface area contributed by atoms with E-state index in [1.54, 1.807) is 36.4 Å². The fourth-order valence-corrected chi connectivity index (χ4v) is 9.32. The minimum absolute atomic E-state index is 0.105. The average molecular weight is 787 g/mol. The van der Waals surface area contributed by atoms with Crippen molar-refractivity contribution in [3.05, 3.63) is 81.0 Å². The number of carbonyl (C=O) groups is 2. The predicted octanol–water partition coefficient (Wildman–Crippen LogP) is 11.2. The van der Waals surface area contributed by atoms with E-state index in [9.17, 15) is 18.7 Å². The molecule has 2 aliphatic carbocycles. The van der Waals surface area contributed by atoms with Crippen LogP contribution in [-0.4, -0.2) is 54.2 Å². The Morgan fingerprint density at radius 1 is 0.444 bits per heavy atom. The van der Waals surface area contributed by atoms with Crippen molar-refractivity contribution >= 4 is 37.4 Å². The summed E-state index contributed by atoms with van der Waals surface area (Å²) in [6.07, 6.45) is 6.88. The number of ketones is 2. The van der Waals surface area contributed by atoms with Gasteiger partial charge in [0.2, 0.25) is 0 Å². The summed E-state index contributed by atoms with van der Waals surface area (Å²) in [5, 5.41) is 0.211. The van der Waals surface area contributed by atoms with Crippen LogP contribution in [0.3, 0.4) is 0 Å². The summed E-state index contributed by atoms with van der Waals surface area (Å²) >= 11 is 0. The first-order chi connectivity index (χ1) is 24.6. The molecule has 0 heterocycles. The van der Waals surface area contributed by atoms with Gasteiger partial charge in [0.1, 0.15) is 11.5 Å². The summed E-state index contributed by atoms with van der Waals surface area (Å²) in [7, 11) is -0.325. The van der Waals surface area contributed by atoms with Gasteiger partial charge in [0, 0.05) is 67.9 Å². The summed E-state index contributed by atoms with van der Waals surface area (Å²) in [6.45, 7) is 23.3. The van der Waals surface area contributed by atoms with Gasteiger partial charge in [0.05, 0.1) is 24.8 Å². The summed E-state index contributed by atoms with van der Waals surface area (Å²) in [6, 6.07) is 3.22. The SMILES string of the molecule is COc1cc(OC)c(C(=C2C=C(C(C)(C)C)C(=O)C(C(C)(C)C)=C2)P(=O)(OC)OC)cc1C(=C1C=C(C(C)(C)C)C(=O)C(C(C)(C)C)=C1)P(=O)(OC)OC. The third-order valence-corrected chi connectivity index (χ3v) is 13.5. The van der Waals surface area contributed by atoms with Gasteiger partial charge in [-0.1, -0.05) is 83.1 Å². The minimum Gasteiger partial charge on any atom is -0.496 e. The summed E-state index contributed by atoms with van der Waals surface area (Å²) < 4.78 is 64.5. The second-order valence-corrected chi connectivity index (χ2v) is 21.8. The highest BCUT2D eigenvalue weighted by Gasteiger charge is 2.42. The highest BCUT2D eigenvalue weighted by molar-refractivity contribution is 7.65. The van der Waals surface area contributed by atoms with Gasteiger partial charge in [0.15, 0.2) is 11.6 Å². The zero-order chi connectivity index (χ0) is 41.6. The van der Waals surface area contributed by atoms with Crippen molar-refractivity contribution in [3.63, 3.8) is 0 Å². The van der Waals surface area contributed by atoms with Gasteiger partial charge in [-0.15, -0.1) is 0 Å². The number of methoxy groups -OCH3 is 2. The molecule has 0 saturated heterocycles. The van der Waals surface area contributed by atoms with E-state index in [0.29, 0.717) is 33.4 Å². The second-order valence-electron chi connectivity index (χ2n) is 17.5. The lowest BCUT2D eigenvalue weighted by atomic mass is 9.71. The van der Waals surface area contributed by atoms with Gasteiger partial charge in [-0.2, -0.15) is 0 Å². The fourth-order valence-electron chi connectivity index (χ4n) is 6.47. The lowest BCUT2D eigenvalue weighted by Gasteiger charge is -2.33. The monoisotopic (exact) mass is 786 g/mol. The Morgan fingerprint density at radius 2 is 0.685 bits per heavy atom. The van der Waals surface area contributed by atoms with Crippen molar-refractivity contribution in [1.29, 1.82) is 0 Å². The molecule has 2 aliphatic rings. The summed E-state index contributed by atoms with van der Waals surface area (Å²) in [5.41, 5.74) is 0.985. The molecule has 0 saturated carbocycles. The molecule has 0 spiro atoms. The average Bonchev–Trinajstić information content (AvgIpc) is 3.07. The topological polar surface area (TPSA) is 124 Å². The van der Waals surface area contributed by atoms with Crippen molar-refractivity contribution < 1.29 is 46.3 Å². The van der Waals surface area contributed by atoms with Gasteiger partial charge < -0.3 is 27.6 Å². The molecule has 0 atom stereocenters. The van der Waals surface area contributed by atoms with Crippen LogP contribution in [-0.2, 0) is 36.8 Å². The van der Waals surface area contributed by atoms with E-state index in [4.69, 9.17) is 27.6 Å². The first-order valence-electron chi connectivity index (χ1n) is 17.8. The Morgan fingerprint density at radius 3 is 0.870 bits per heavy atom. The van der Waals surface area contributed by atoms with E-state index in [1.807, 2.05) is 83.1 Å². The Balaban J connectivity index is 2.82. The number of hydrogen-bond acceptors (Lipinski definition) is 10. The minimum atomic E-state index is -4.19. The van der Waals surface area contributed by atoms with Crippen LogP contribution < -0.4 is 9.47 Å². The molecule has 1 aromatic rings. The second kappa shape index (κ2) is 15.8. The number of Topliss-reactive ketones (excluding diaryl/α,β-unsaturated/α-hetero) is 2. The number of benzene rings is 1. The van der Waals surface area contributed by atoms with Crippen LogP contribution in [0.15, 0.2) is 69.9 Å². The smallest absolute Gasteiger partial charge is 0.362 e. The van der Waals surface area contributed by atoms with Crippen LogP contribution in [0.5, 0.6) is 11.5 Å². The number of carbonyl (C=O) groups excluding carboxylic acids is 2. The molecular formula is C42H60O10P2. The van der Waals surface area contributed by atoms with Gasteiger partial charge in [-0.3, -0.25) is 18.7 Å². The van der Waals surface area contributed by atoms with E-state index in [2.05, 4.69) is 0 Å². The van der Waals surface area contributed by atoms with Crippen LogP contribution in [0.1, 0.15) is 94.2 Å². The molecule has 0 bridgehead atoms. The fraction of sp³-hybridized carbons (Fsp3) is 0.524. The lowest BCUT2D eigenvalue weighted by molar-refractivity contribution is -0.114.